The molecule has 4 rings (SSSR count). The number of thioether (sulfide) groups is 1. The number of nitrogens with one attached hydrogen (secondary N) is 1. The van der Waals surface area contributed by atoms with Crippen molar-refractivity contribution in [2.75, 3.05) is 12.4 Å². The normalized spacial score (nSPS) is 11.1. The number of thiazole rings is 1. The highest BCUT2D eigenvalue weighted by molar-refractivity contribution is 9.10. The zero-order valence-electron chi connectivity index (χ0n) is 18.4. The van der Waals surface area contributed by atoms with E-state index in [0.29, 0.717) is 24.7 Å². The SMILES string of the molecule is CCOc1cc(/C=N\NC(=O)CSc2nc3ccccc3s2)ccc1OCc1ccc(Br)cc1. The van der Waals surface area contributed by atoms with Crippen LogP contribution in [0, 0.1) is 0 Å². The number of nitrogens with zero attached hydrogens (tertiary/aromatic N) is 2. The standard InChI is InChI=1S/C25H22BrN3O3S2/c1-2-31-22-13-18(9-12-21(22)32-15-17-7-10-19(26)11-8-17)14-27-29-24(30)16-33-25-28-20-5-3-4-6-23(20)34-25/h3-14H,2,15-16H2,1H3,(H,29,30)/b27-14-. The Kier molecular flexibility index (Phi) is 8.56. The maximum Gasteiger partial charge on any atom is 0.250 e. The van der Waals surface area contributed by atoms with Gasteiger partial charge in [-0.05, 0) is 60.5 Å². The predicted octanol–water partition coefficient (Wildman–Crippen LogP) is 6.28. The van der Waals surface area contributed by atoms with Crippen molar-refractivity contribution in [2.24, 2.45) is 5.10 Å². The van der Waals surface area contributed by atoms with E-state index < -0.39 is 0 Å². The molecule has 0 fully saturated rings. The molecule has 1 aromatic heterocycles. The van der Waals surface area contributed by atoms with Crippen molar-refractivity contribution in [3.05, 3.63) is 82.3 Å². The molecule has 0 bridgehead atoms. The molecule has 0 atom stereocenters. The summed E-state index contributed by atoms with van der Waals surface area (Å²) in [6.45, 7) is 2.86. The summed E-state index contributed by atoms with van der Waals surface area (Å²) in [4.78, 5) is 16.7. The maximum absolute atomic E-state index is 12.2. The molecule has 0 spiro atoms. The molecule has 9 heteroatoms. The molecular weight excluding hydrogens is 534 g/mol. The van der Waals surface area contributed by atoms with E-state index in [4.69, 9.17) is 9.47 Å². The van der Waals surface area contributed by atoms with Crippen LogP contribution < -0.4 is 14.9 Å². The third-order valence-corrected chi connectivity index (χ3v) is 7.29. The van der Waals surface area contributed by atoms with Gasteiger partial charge in [-0.2, -0.15) is 5.10 Å². The Morgan fingerprint density at radius 2 is 1.94 bits per heavy atom. The topological polar surface area (TPSA) is 72.8 Å². The summed E-state index contributed by atoms with van der Waals surface area (Å²) in [7, 11) is 0. The zero-order valence-corrected chi connectivity index (χ0v) is 21.6. The maximum atomic E-state index is 12.2. The van der Waals surface area contributed by atoms with Crippen LogP contribution in [0.15, 0.2) is 80.6 Å². The van der Waals surface area contributed by atoms with Gasteiger partial charge in [-0.15, -0.1) is 11.3 Å². The number of ether oxygens (including phenoxy) is 2. The number of para-hydroxylation sites is 1. The monoisotopic (exact) mass is 555 g/mol. The zero-order chi connectivity index (χ0) is 23.8. The Morgan fingerprint density at radius 1 is 1.12 bits per heavy atom. The van der Waals surface area contributed by atoms with Crippen molar-refractivity contribution in [3.8, 4) is 11.5 Å². The van der Waals surface area contributed by atoms with Gasteiger partial charge >= 0.3 is 0 Å². The van der Waals surface area contributed by atoms with Gasteiger partial charge in [-0.25, -0.2) is 10.4 Å². The lowest BCUT2D eigenvalue weighted by Crippen LogP contribution is -2.19. The van der Waals surface area contributed by atoms with Crippen LogP contribution in [0.4, 0.5) is 0 Å². The quantitative estimate of drug-likeness (QED) is 0.141. The fourth-order valence-electron chi connectivity index (χ4n) is 2.99. The van der Waals surface area contributed by atoms with Crippen LogP contribution in [-0.2, 0) is 11.4 Å². The Balaban J connectivity index is 1.31. The summed E-state index contributed by atoms with van der Waals surface area (Å²) >= 11 is 6.41. The molecule has 0 aliphatic rings. The van der Waals surface area contributed by atoms with Gasteiger partial charge in [0.15, 0.2) is 15.8 Å². The average molecular weight is 557 g/mol. The number of hydrogen-bond donors (Lipinski definition) is 1. The van der Waals surface area contributed by atoms with Gasteiger partial charge in [0.25, 0.3) is 5.91 Å². The van der Waals surface area contributed by atoms with E-state index in [1.165, 1.54) is 11.8 Å². The van der Waals surface area contributed by atoms with Gasteiger partial charge in [-0.1, -0.05) is 52.0 Å². The van der Waals surface area contributed by atoms with Gasteiger partial charge in [0, 0.05) is 4.47 Å². The second-order valence-electron chi connectivity index (χ2n) is 7.08. The molecule has 1 N–H and O–H groups in total. The highest BCUT2D eigenvalue weighted by atomic mass is 79.9. The van der Waals surface area contributed by atoms with Crippen LogP contribution in [0.25, 0.3) is 10.2 Å². The van der Waals surface area contributed by atoms with E-state index in [-0.39, 0.29) is 11.7 Å². The number of rotatable bonds is 10. The summed E-state index contributed by atoms with van der Waals surface area (Å²) < 4.78 is 14.7. The number of carbonyl (C=O) groups excluding carboxylic acids is 1. The van der Waals surface area contributed by atoms with Gasteiger partial charge in [0.2, 0.25) is 0 Å². The van der Waals surface area contributed by atoms with Crippen LogP contribution in [-0.4, -0.2) is 29.5 Å². The van der Waals surface area contributed by atoms with Crippen LogP contribution in [0.1, 0.15) is 18.1 Å². The van der Waals surface area contributed by atoms with Gasteiger partial charge in [0.1, 0.15) is 6.61 Å². The van der Waals surface area contributed by atoms with Gasteiger partial charge < -0.3 is 9.47 Å². The highest BCUT2D eigenvalue weighted by Gasteiger charge is 2.08. The number of aromatic nitrogens is 1. The van der Waals surface area contributed by atoms with E-state index in [1.807, 2.05) is 73.7 Å². The van der Waals surface area contributed by atoms with E-state index in [0.717, 1.165) is 30.2 Å². The minimum atomic E-state index is -0.194. The van der Waals surface area contributed by atoms with Crippen LogP contribution >= 0.6 is 39.0 Å². The number of hydrazone groups is 1. The lowest BCUT2D eigenvalue weighted by atomic mass is 10.2. The third-order valence-electron chi connectivity index (χ3n) is 4.58. The first-order valence-electron chi connectivity index (χ1n) is 10.5. The summed E-state index contributed by atoms with van der Waals surface area (Å²) in [5.74, 6) is 1.32. The Bertz CT molecular complexity index is 1260. The number of halogens is 1. The van der Waals surface area contributed by atoms with Crippen molar-refractivity contribution >= 4 is 61.4 Å². The minimum absolute atomic E-state index is 0.194. The fraction of sp³-hybridized carbons (Fsp3) is 0.160. The summed E-state index contributed by atoms with van der Waals surface area (Å²) in [6.07, 6.45) is 1.58. The fourth-order valence-corrected chi connectivity index (χ4v) is 5.11. The largest absolute Gasteiger partial charge is 0.490 e. The Morgan fingerprint density at radius 3 is 2.74 bits per heavy atom. The Hall–Kier alpha value is -2.88. The first-order chi connectivity index (χ1) is 16.6. The molecule has 3 aromatic carbocycles. The van der Waals surface area contributed by atoms with Crippen molar-refractivity contribution in [2.45, 2.75) is 17.9 Å². The van der Waals surface area contributed by atoms with Crippen LogP contribution in [0.2, 0.25) is 0 Å². The molecular formula is C25H22BrN3O3S2. The molecule has 1 amide bonds. The smallest absolute Gasteiger partial charge is 0.250 e. The Labute approximate surface area is 214 Å². The molecule has 174 valence electrons. The lowest BCUT2D eigenvalue weighted by Gasteiger charge is -2.12. The molecule has 6 nitrogen and oxygen atoms in total. The van der Waals surface area contributed by atoms with Gasteiger partial charge in [-0.3, -0.25) is 4.79 Å². The number of amides is 1. The molecule has 0 aliphatic carbocycles. The predicted molar refractivity (Wildman–Crippen MR) is 142 cm³/mol. The summed E-state index contributed by atoms with van der Waals surface area (Å²) in [6, 6.07) is 21.4. The van der Waals surface area contributed by atoms with E-state index >= 15 is 0 Å². The van der Waals surface area contributed by atoms with Crippen molar-refractivity contribution < 1.29 is 14.3 Å². The number of hydrogen-bond acceptors (Lipinski definition) is 7. The highest BCUT2D eigenvalue weighted by Crippen LogP contribution is 2.30. The second-order valence-corrected chi connectivity index (χ2v) is 10.3. The van der Waals surface area contributed by atoms with E-state index in [9.17, 15) is 4.79 Å². The molecule has 34 heavy (non-hydrogen) atoms. The van der Waals surface area contributed by atoms with Crippen molar-refractivity contribution in [1.29, 1.82) is 0 Å². The number of fused-ring (bicyclic) bond motifs is 1. The number of carbonyl (C=O) groups is 1. The molecule has 0 radical (unpaired) electrons. The van der Waals surface area contributed by atoms with Crippen molar-refractivity contribution in [3.63, 3.8) is 0 Å². The van der Waals surface area contributed by atoms with Gasteiger partial charge in [0.05, 0.1) is 28.8 Å². The van der Waals surface area contributed by atoms with E-state index in [2.05, 4.69) is 31.4 Å². The van der Waals surface area contributed by atoms with Crippen molar-refractivity contribution in [1.82, 2.24) is 10.4 Å². The first-order valence-corrected chi connectivity index (χ1v) is 13.1. The van der Waals surface area contributed by atoms with E-state index in [1.54, 1.807) is 17.6 Å². The average Bonchev–Trinajstić information content (AvgIpc) is 3.27. The third kappa shape index (κ3) is 6.82. The summed E-state index contributed by atoms with van der Waals surface area (Å²) in [5.41, 5.74) is 5.36. The van der Waals surface area contributed by atoms with Crippen LogP contribution in [0.5, 0.6) is 11.5 Å². The first kappa shape index (κ1) is 24.3. The summed E-state index contributed by atoms with van der Waals surface area (Å²) in [5, 5.41) is 4.07. The molecule has 4 aromatic rings. The van der Waals surface area contributed by atoms with Crippen LogP contribution in [0.3, 0.4) is 0 Å². The molecule has 0 saturated carbocycles. The lowest BCUT2D eigenvalue weighted by molar-refractivity contribution is -0.118. The molecule has 0 unspecified atom stereocenters. The molecule has 0 saturated heterocycles. The molecule has 0 aliphatic heterocycles. The second kappa shape index (κ2) is 12.0. The molecule has 1 heterocycles. The number of benzene rings is 3. The minimum Gasteiger partial charge on any atom is -0.490 e.